The van der Waals surface area contributed by atoms with E-state index in [9.17, 15) is 9.59 Å². The molecule has 7 nitrogen and oxygen atoms in total. The first kappa shape index (κ1) is 21.6. The Morgan fingerprint density at radius 1 is 0.971 bits per heavy atom. The summed E-state index contributed by atoms with van der Waals surface area (Å²) in [5.74, 6) is 1.45. The smallest absolute Gasteiger partial charge is 0.310 e. The van der Waals surface area contributed by atoms with E-state index in [2.05, 4.69) is 0 Å². The van der Waals surface area contributed by atoms with E-state index in [1.807, 2.05) is 66.7 Å². The molecule has 0 saturated carbocycles. The Kier molecular flexibility index (Phi) is 5.67. The third-order valence-electron chi connectivity index (χ3n) is 6.00. The molecule has 0 atom stereocenters. The molecule has 1 aliphatic heterocycles. The van der Waals surface area contributed by atoms with Crippen molar-refractivity contribution in [2.45, 2.75) is 13.0 Å². The summed E-state index contributed by atoms with van der Waals surface area (Å²) in [7, 11) is 2.92. The van der Waals surface area contributed by atoms with E-state index in [0.717, 1.165) is 22.0 Å². The van der Waals surface area contributed by atoms with Crippen molar-refractivity contribution in [1.82, 2.24) is 4.57 Å². The third-order valence-corrected chi connectivity index (χ3v) is 6.00. The van der Waals surface area contributed by atoms with Crippen molar-refractivity contribution in [1.29, 1.82) is 0 Å². The fourth-order valence-electron chi connectivity index (χ4n) is 4.39. The van der Waals surface area contributed by atoms with E-state index in [1.54, 1.807) is 11.7 Å². The molecule has 3 aromatic carbocycles. The van der Waals surface area contributed by atoms with Gasteiger partial charge in [0.15, 0.2) is 11.5 Å². The van der Waals surface area contributed by atoms with Crippen molar-refractivity contribution in [2.24, 2.45) is 0 Å². The first-order chi connectivity index (χ1) is 16.6. The largest absolute Gasteiger partial charge is 0.496 e. The van der Waals surface area contributed by atoms with Gasteiger partial charge in [-0.05, 0) is 29.8 Å². The number of methoxy groups -OCH3 is 2. The predicted molar refractivity (Wildman–Crippen MR) is 128 cm³/mol. The number of aromatic nitrogens is 1. The van der Waals surface area contributed by atoms with E-state index < -0.39 is 5.97 Å². The zero-order valence-corrected chi connectivity index (χ0v) is 18.9. The van der Waals surface area contributed by atoms with E-state index in [0.29, 0.717) is 34.9 Å². The fraction of sp³-hybridized carbons (Fsp3) is 0.185. The number of nitrogens with zero attached hydrogens (tertiary/aromatic N) is 1. The Morgan fingerprint density at radius 2 is 1.74 bits per heavy atom. The molecular formula is C27H23NO6. The highest BCUT2D eigenvalue weighted by Crippen LogP contribution is 2.39. The van der Waals surface area contributed by atoms with Crippen LogP contribution < -0.4 is 19.8 Å². The van der Waals surface area contributed by atoms with Gasteiger partial charge in [0.25, 0.3) is 5.56 Å². The molecule has 0 radical (unpaired) electrons. The lowest BCUT2D eigenvalue weighted by Crippen LogP contribution is -2.28. The molecule has 1 aromatic heterocycles. The van der Waals surface area contributed by atoms with Gasteiger partial charge in [0.1, 0.15) is 5.75 Å². The van der Waals surface area contributed by atoms with Crippen LogP contribution in [0.5, 0.6) is 17.2 Å². The summed E-state index contributed by atoms with van der Waals surface area (Å²) in [6, 6.07) is 20.8. The molecule has 7 heteroatoms. The lowest BCUT2D eigenvalue weighted by Gasteiger charge is -2.19. The van der Waals surface area contributed by atoms with Gasteiger partial charge in [-0.25, -0.2) is 0 Å². The molecule has 0 unspecified atom stereocenters. The van der Waals surface area contributed by atoms with Crippen LogP contribution >= 0.6 is 0 Å². The standard InChI is InChI=1S/C27H23NO6/c1-31-22-10-6-3-7-18(22)15-28-21-9-5-4-8-19(21)26(20(27(28)30)14-25(29)32-2)17-11-12-23-24(13-17)34-16-33-23/h3-13H,14-16H2,1-2H3. The van der Waals surface area contributed by atoms with Gasteiger partial charge in [-0.1, -0.05) is 42.5 Å². The number of fused-ring (bicyclic) bond motifs is 2. The van der Waals surface area contributed by atoms with E-state index >= 15 is 0 Å². The first-order valence-electron chi connectivity index (χ1n) is 10.8. The number of carbonyl (C=O) groups is 1. The van der Waals surface area contributed by atoms with Crippen LogP contribution in [0.3, 0.4) is 0 Å². The van der Waals surface area contributed by atoms with Crippen molar-refractivity contribution in [3.8, 4) is 28.4 Å². The minimum atomic E-state index is -0.488. The summed E-state index contributed by atoms with van der Waals surface area (Å²) in [6.45, 7) is 0.438. The van der Waals surface area contributed by atoms with Crippen LogP contribution in [0, 0.1) is 0 Å². The van der Waals surface area contributed by atoms with Gasteiger partial charge in [0, 0.05) is 22.1 Å². The monoisotopic (exact) mass is 457 g/mol. The molecule has 0 amide bonds. The Bertz CT molecular complexity index is 1460. The Morgan fingerprint density at radius 3 is 2.56 bits per heavy atom. The maximum Gasteiger partial charge on any atom is 0.310 e. The summed E-state index contributed by atoms with van der Waals surface area (Å²) >= 11 is 0. The van der Waals surface area contributed by atoms with Crippen molar-refractivity contribution in [3.05, 3.63) is 88.2 Å². The Balaban J connectivity index is 1.78. The maximum absolute atomic E-state index is 13.9. The summed E-state index contributed by atoms with van der Waals surface area (Å²) in [5, 5.41) is 0.842. The zero-order chi connectivity index (χ0) is 23.7. The first-order valence-corrected chi connectivity index (χ1v) is 10.8. The fourth-order valence-corrected chi connectivity index (χ4v) is 4.39. The molecule has 0 N–H and O–H groups in total. The van der Waals surface area contributed by atoms with Crippen molar-refractivity contribution in [3.63, 3.8) is 0 Å². The van der Waals surface area contributed by atoms with Crippen LogP contribution in [0.15, 0.2) is 71.5 Å². The number of esters is 1. The number of rotatable bonds is 6. The van der Waals surface area contributed by atoms with Crippen LogP contribution in [0.2, 0.25) is 0 Å². The quantitative estimate of drug-likeness (QED) is 0.405. The second-order valence-corrected chi connectivity index (χ2v) is 7.89. The number of hydrogen-bond acceptors (Lipinski definition) is 6. The summed E-state index contributed by atoms with van der Waals surface area (Å²) in [5.41, 5.74) is 3.15. The van der Waals surface area contributed by atoms with Gasteiger partial charge >= 0.3 is 5.97 Å². The molecule has 2 heterocycles. The zero-order valence-electron chi connectivity index (χ0n) is 18.9. The average Bonchev–Trinajstić information content (AvgIpc) is 3.34. The van der Waals surface area contributed by atoms with Crippen LogP contribution in [0.4, 0.5) is 0 Å². The van der Waals surface area contributed by atoms with Crippen LogP contribution in [-0.2, 0) is 22.5 Å². The van der Waals surface area contributed by atoms with Crippen molar-refractivity contribution < 1.29 is 23.7 Å². The van der Waals surface area contributed by atoms with E-state index in [-0.39, 0.29) is 18.8 Å². The molecule has 34 heavy (non-hydrogen) atoms. The van der Waals surface area contributed by atoms with Gasteiger partial charge in [-0.2, -0.15) is 0 Å². The predicted octanol–water partition coefficient (Wildman–Crippen LogP) is 4.17. The minimum absolute atomic E-state index is 0.148. The van der Waals surface area contributed by atoms with Crippen molar-refractivity contribution >= 4 is 16.9 Å². The number of ether oxygens (including phenoxy) is 4. The molecule has 0 saturated heterocycles. The minimum Gasteiger partial charge on any atom is -0.496 e. The Hall–Kier alpha value is -4.26. The number of para-hydroxylation sites is 2. The second-order valence-electron chi connectivity index (χ2n) is 7.89. The molecule has 0 spiro atoms. The molecule has 0 fully saturated rings. The van der Waals surface area contributed by atoms with Gasteiger partial charge in [0.05, 0.1) is 32.7 Å². The summed E-state index contributed by atoms with van der Waals surface area (Å²) in [4.78, 5) is 26.3. The molecule has 1 aliphatic rings. The lowest BCUT2D eigenvalue weighted by atomic mass is 9.93. The van der Waals surface area contributed by atoms with Crippen molar-refractivity contribution in [2.75, 3.05) is 21.0 Å². The highest BCUT2D eigenvalue weighted by molar-refractivity contribution is 5.98. The van der Waals surface area contributed by atoms with Crippen LogP contribution in [0.25, 0.3) is 22.0 Å². The summed E-state index contributed by atoms with van der Waals surface area (Å²) < 4.78 is 23.1. The molecular weight excluding hydrogens is 434 g/mol. The third kappa shape index (κ3) is 3.75. The molecule has 0 bridgehead atoms. The molecule has 0 aliphatic carbocycles. The molecule has 5 rings (SSSR count). The van der Waals surface area contributed by atoms with Gasteiger partial charge in [0.2, 0.25) is 6.79 Å². The lowest BCUT2D eigenvalue weighted by molar-refractivity contribution is -0.139. The second kappa shape index (κ2) is 8.94. The van der Waals surface area contributed by atoms with Gasteiger partial charge < -0.3 is 23.5 Å². The topological polar surface area (TPSA) is 76.0 Å². The average molecular weight is 457 g/mol. The number of benzene rings is 3. The number of pyridine rings is 1. The van der Waals surface area contributed by atoms with Gasteiger partial charge in [-0.3, -0.25) is 9.59 Å². The SMILES string of the molecule is COC(=O)Cc1c(-c2ccc3c(c2)OCO3)c2ccccc2n(Cc2ccccc2OC)c1=O. The maximum atomic E-state index is 13.9. The van der Waals surface area contributed by atoms with Gasteiger partial charge in [-0.15, -0.1) is 0 Å². The van der Waals surface area contributed by atoms with Crippen LogP contribution in [0.1, 0.15) is 11.1 Å². The highest BCUT2D eigenvalue weighted by Gasteiger charge is 2.23. The number of hydrogen-bond donors (Lipinski definition) is 0. The van der Waals surface area contributed by atoms with E-state index in [1.165, 1.54) is 7.11 Å². The Labute approximate surface area is 196 Å². The molecule has 4 aromatic rings. The highest BCUT2D eigenvalue weighted by atomic mass is 16.7. The number of carbonyl (C=O) groups excluding carboxylic acids is 1. The summed E-state index contributed by atoms with van der Waals surface area (Å²) in [6.07, 6.45) is -0.157. The van der Waals surface area contributed by atoms with E-state index in [4.69, 9.17) is 18.9 Å². The normalized spacial score (nSPS) is 12.1. The molecule has 172 valence electrons. The van der Waals surface area contributed by atoms with Crippen LogP contribution in [-0.4, -0.2) is 31.5 Å².